The number of anilines is 1. The molecule has 3 rings (SSSR count). The van der Waals surface area contributed by atoms with Crippen LogP contribution in [-0.2, 0) is 4.79 Å². The van der Waals surface area contributed by atoms with Gasteiger partial charge in [0.15, 0.2) is 0 Å². The molecule has 3 heteroatoms. The van der Waals surface area contributed by atoms with Crippen molar-refractivity contribution in [2.75, 3.05) is 18.0 Å². The van der Waals surface area contributed by atoms with Gasteiger partial charge in [-0.05, 0) is 43.7 Å². The summed E-state index contributed by atoms with van der Waals surface area (Å²) in [5.74, 6) is 0.915. The molecule has 96 valence electrons. The summed E-state index contributed by atoms with van der Waals surface area (Å²) in [5.41, 5.74) is 1.17. The molecule has 0 unspecified atom stereocenters. The van der Waals surface area contributed by atoms with Crippen LogP contribution >= 0.6 is 0 Å². The summed E-state index contributed by atoms with van der Waals surface area (Å²) in [6.45, 7) is 1.37. The number of carbonyl (C=O) groups excluding carboxylic acids is 1. The second-order valence-corrected chi connectivity index (χ2v) is 5.44. The lowest BCUT2D eigenvalue weighted by molar-refractivity contribution is -0.119. The normalized spacial score (nSPS) is 18.4. The van der Waals surface area contributed by atoms with Crippen LogP contribution in [0.25, 0.3) is 0 Å². The van der Waals surface area contributed by atoms with E-state index in [0.717, 1.165) is 12.5 Å². The minimum absolute atomic E-state index is 0.164. The van der Waals surface area contributed by atoms with Gasteiger partial charge in [-0.1, -0.05) is 18.2 Å². The van der Waals surface area contributed by atoms with Crippen LogP contribution in [0.3, 0.4) is 0 Å². The van der Waals surface area contributed by atoms with Crippen molar-refractivity contribution in [2.45, 2.75) is 31.7 Å². The molecule has 2 aliphatic rings. The van der Waals surface area contributed by atoms with Gasteiger partial charge < -0.3 is 10.2 Å². The van der Waals surface area contributed by atoms with Crippen molar-refractivity contribution >= 4 is 11.6 Å². The first-order chi connectivity index (χ1) is 8.83. The van der Waals surface area contributed by atoms with Gasteiger partial charge in [-0.3, -0.25) is 4.79 Å². The van der Waals surface area contributed by atoms with Crippen LogP contribution in [0.1, 0.15) is 25.7 Å². The van der Waals surface area contributed by atoms with E-state index in [1.807, 2.05) is 18.2 Å². The molecular formula is C15H20N2O. The van der Waals surface area contributed by atoms with Crippen molar-refractivity contribution in [1.29, 1.82) is 0 Å². The van der Waals surface area contributed by atoms with Gasteiger partial charge in [0.1, 0.15) is 0 Å². The van der Waals surface area contributed by atoms with Crippen molar-refractivity contribution in [3.63, 3.8) is 0 Å². The SMILES string of the molecule is O=C(CN(c1ccccc1)C1CC1)NCC1CC1. The van der Waals surface area contributed by atoms with Gasteiger partial charge in [0.25, 0.3) is 0 Å². The Morgan fingerprint density at radius 2 is 1.89 bits per heavy atom. The van der Waals surface area contributed by atoms with E-state index in [9.17, 15) is 4.79 Å². The van der Waals surface area contributed by atoms with Crippen LogP contribution < -0.4 is 10.2 Å². The Kier molecular flexibility index (Phi) is 3.22. The molecule has 0 bridgehead atoms. The summed E-state index contributed by atoms with van der Waals surface area (Å²) in [4.78, 5) is 14.2. The van der Waals surface area contributed by atoms with Crippen molar-refractivity contribution in [3.8, 4) is 0 Å². The fraction of sp³-hybridized carbons (Fsp3) is 0.533. The molecular weight excluding hydrogens is 224 g/mol. The number of hydrogen-bond donors (Lipinski definition) is 1. The van der Waals surface area contributed by atoms with Crippen molar-refractivity contribution < 1.29 is 4.79 Å². The number of hydrogen-bond acceptors (Lipinski definition) is 2. The molecule has 1 aromatic carbocycles. The summed E-state index contributed by atoms with van der Waals surface area (Å²) in [6.07, 6.45) is 4.99. The lowest BCUT2D eigenvalue weighted by Crippen LogP contribution is -2.39. The van der Waals surface area contributed by atoms with Gasteiger partial charge in [-0.2, -0.15) is 0 Å². The predicted molar refractivity (Wildman–Crippen MR) is 72.5 cm³/mol. The van der Waals surface area contributed by atoms with E-state index >= 15 is 0 Å². The average molecular weight is 244 g/mol. The Morgan fingerprint density at radius 1 is 1.17 bits per heavy atom. The van der Waals surface area contributed by atoms with E-state index in [4.69, 9.17) is 0 Å². The smallest absolute Gasteiger partial charge is 0.239 e. The van der Waals surface area contributed by atoms with Crippen LogP contribution in [0.2, 0.25) is 0 Å². The van der Waals surface area contributed by atoms with Crippen LogP contribution in [0, 0.1) is 5.92 Å². The first-order valence-corrected chi connectivity index (χ1v) is 6.91. The zero-order valence-corrected chi connectivity index (χ0v) is 10.6. The standard InChI is InChI=1S/C15H20N2O/c18-15(16-10-12-6-7-12)11-17(14-8-9-14)13-4-2-1-3-5-13/h1-5,12,14H,6-11H2,(H,16,18). The van der Waals surface area contributed by atoms with E-state index in [0.29, 0.717) is 12.6 Å². The average Bonchev–Trinajstić information content (AvgIpc) is 3.28. The number of benzene rings is 1. The van der Waals surface area contributed by atoms with Crippen LogP contribution in [0.5, 0.6) is 0 Å². The van der Waals surface area contributed by atoms with Crippen LogP contribution in [0.4, 0.5) is 5.69 Å². The van der Waals surface area contributed by atoms with Crippen molar-refractivity contribution in [3.05, 3.63) is 30.3 Å². The number of rotatable bonds is 6. The fourth-order valence-corrected chi connectivity index (χ4v) is 2.23. The minimum Gasteiger partial charge on any atom is -0.359 e. The molecule has 1 amide bonds. The Labute approximate surface area is 108 Å². The Hall–Kier alpha value is -1.51. The molecule has 2 aliphatic carbocycles. The largest absolute Gasteiger partial charge is 0.359 e. The molecule has 2 saturated carbocycles. The maximum atomic E-state index is 11.9. The Morgan fingerprint density at radius 3 is 2.50 bits per heavy atom. The predicted octanol–water partition coefficient (Wildman–Crippen LogP) is 2.18. The summed E-state index contributed by atoms with van der Waals surface area (Å²) >= 11 is 0. The summed E-state index contributed by atoms with van der Waals surface area (Å²) in [7, 11) is 0. The molecule has 0 aliphatic heterocycles. The third kappa shape index (κ3) is 3.03. The molecule has 0 radical (unpaired) electrons. The van der Waals surface area contributed by atoms with Gasteiger partial charge in [0, 0.05) is 18.3 Å². The minimum atomic E-state index is 0.164. The van der Waals surface area contributed by atoms with E-state index in [-0.39, 0.29) is 5.91 Å². The van der Waals surface area contributed by atoms with Crippen molar-refractivity contribution in [2.24, 2.45) is 5.92 Å². The molecule has 0 atom stereocenters. The van der Waals surface area contributed by atoms with Gasteiger partial charge in [-0.15, -0.1) is 0 Å². The maximum absolute atomic E-state index is 11.9. The first-order valence-electron chi connectivity index (χ1n) is 6.91. The third-order valence-electron chi connectivity index (χ3n) is 3.67. The molecule has 0 saturated heterocycles. The molecule has 18 heavy (non-hydrogen) atoms. The topological polar surface area (TPSA) is 32.3 Å². The highest BCUT2D eigenvalue weighted by atomic mass is 16.2. The van der Waals surface area contributed by atoms with Crippen molar-refractivity contribution in [1.82, 2.24) is 5.32 Å². The number of para-hydroxylation sites is 1. The number of nitrogens with one attached hydrogen (secondary N) is 1. The van der Waals surface area contributed by atoms with Gasteiger partial charge in [0.05, 0.1) is 6.54 Å². The third-order valence-corrected chi connectivity index (χ3v) is 3.67. The van der Waals surface area contributed by atoms with Crippen LogP contribution in [-0.4, -0.2) is 25.0 Å². The Balaban J connectivity index is 1.58. The summed E-state index contributed by atoms with van der Waals surface area (Å²) < 4.78 is 0. The highest BCUT2D eigenvalue weighted by molar-refractivity contribution is 5.81. The lowest BCUT2D eigenvalue weighted by Gasteiger charge is -2.24. The zero-order valence-electron chi connectivity index (χ0n) is 10.6. The zero-order chi connectivity index (χ0) is 12.4. The van der Waals surface area contributed by atoms with E-state index in [1.54, 1.807) is 0 Å². The fourth-order valence-electron chi connectivity index (χ4n) is 2.23. The molecule has 1 aromatic rings. The highest BCUT2D eigenvalue weighted by Crippen LogP contribution is 2.31. The number of amides is 1. The molecule has 2 fully saturated rings. The van der Waals surface area contributed by atoms with E-state index < -0.39 is 0 Å². The number of carbonyl (C=O) groups is 1. The lowest BCUT2D eigenvalue weighted by atomic mass is 10.2. The Bertz CT molecular complexity index is 410. The van der Waals surface area contributed by atoms with Gasteiger partial charge in [0.2, 0.25) is 5.91 Å². The van der Waals surface area contributed by atoms with Crippen LogP contribution in [0.15, 0.2) is 30.3 Å². The summed E-state index contributed by atoms with van der Waals surface area (Å²) in [5, 5.41) is 3.05. The number of nitrogens with zero attached hydrogens (tertiary/aromatic N) is 1. The second-order valence-electron chi connectivity index (χ2n) is 5.44. The monoisotopic (exact) mass is 244 g/mol. The van der Waals surface area contributed by atoms with E-state index in [2.05, 4.69) is 22.3 Å². The van der Waals surface area contributed by atoms with Gasteiger partial charge >= 0.3 is 0 Å². The van der Waals surface area contributed by atoms with E-state index in [1.165, 1.54) is 31.4 Å². The summed E-state index contributed by atoms with van der Waals surface area (Å²) in [6, 6.07) is 10.8. The molecule has 1 N–H and O–H groups in total. The molecule has 0 aromatic heterocycles. The second kappa shape index (κ2) is 5.01. The highest BCUT2D eigenvalue weighted by Gasteiger charge is 2.30. The molecule has 3 nitrogen and oxygen atoms in total. The van der Waals surface area contributed by atoms with Gasteiger partial charge in [-0.25, -0.2) is 0 Å². The molecule has 0 heterocycles. The molecule has 0 spiro atoms. The quantitative estimate of drug-likeness (QED) is 0.832. The first kappa shape index (κ1) is 11.6. The maximum Gasteiger partial charge on any atom is 0.239 e.